The molecule has 0 amide bonds. The first kappa shape index (κ1) is 6.87. The van der Waals surface area contributed by atoms with Crippen LogP contribution < -0.4 is 0 Å². The van der Waals surface area contributed by atoms with Crippen molar-refractivity contribution in [2.24, 2.45) is 0 Å². The van der Waals surface area contributed by atoms with Gasteiger partial charge in [-0.25, -0.2) is 0 Å². The van der Waals surface area contributed by atoms with Crippen LogP contribution in [-0.4, -0.2) is 5.11 Å². The van der Waals surface area contributed by atoms with Gasteiger partial charge in [-0.1, -0.05) is 24.3 Å². The SMILES string of the molecule is [CH2]/C=C/c1cccc(O)c1. The van der Waals surface area contributed by atoms with E-state index in [-0.39, 0.29) is 5.75 Å². The van der Waals surface area contributed by atoms with Crippen LogP contribution in [-0.2, 0) is 0 Å². The number of aromatic hydroxyl groups is 1. The topological polar surface area (TPSA) is 20.2 Å². The summed E-state index contributed by atoms with van der Waals surface area (Å²) in [6, 6.07) is 7.02. The van der Waals surface area contributed by atoms with Crippen LogP contribution in [0.15, 0.2) is 30.3 Å². The molecule has 0 heterocycles. The monoisotopic (exact) mass is 133 g/mol. The van der Waals surface area contributed by atoms with E-state index in [0.717, 1.165) is 5.56 Å². The molecule has 0 spiro atoms. The Morgan fingerprint density at radius 1 is 1.40 bits per heavy atom. The molecular formula is C9H9O. The number of hydrogen-bond donors (Lipinski definition) is 1. The average Bonchev–Trinajstić information content (AvgIpc) is 1.88. The van der Waals surface area contributed by atoms with Crippen molar-refractivity contribution in [2.45, 2.75) is 0 Å². The second-order valence-electron chi connectivity index (χ2n) is 2.00. The van der Waals surface area contributed by atoms with Crippen LogP contribution in [0.3, 0.4) is 0 Å². The molecule has 1 radical (unpaired) electrons. The van der Waals surface area contributed by atoms with Gasteiger partial charge in [-0.05, 0) is 24.6 Å². The van der Waals surface area contributed by atoms with Gasteiger partial charge in [-0.2, -0.15) is 0 Å². The van der Waals surface area contributed by atoms with E-state index in [0.29, 0.717) is 0 Å². The highest BCUT2D eigenvalue weighted by molar-refractivity contribution is 5.51. The van der Waals surface area contributed by atoms with Gasteiger partial charge in [0.2, 0.25) is 0 Å². The van der Waals surface area contributed by atoms with Crippen LogP contribution in [0.25, 0.3) is 6.08 Å². The Morgan fingerprint density at radius 3 is 2.80 bits per heavy atom. The summed E-state index contributed by atoms with van der Waals surface area (Å²) < 4.78 is 0. The number of allylic oxidation sites excluding steroid dienone is 1. The van der Waals surface area contributed by atoms with E-state index in [1.54, 1.807) is 24.3 Å². The zero-order valence-electron chi connectivity index (χ0n) is 5.62. The number of rotatable bonds is 1. The van der Waals surface area contributed by atoms with Crippen LogP contribution in [0.2, 0.25) is 0 Å². The average molecular weight is 133 g/mol. The highest BCUT2D eigenvalue weighted by Gasteiger charge is 1.86. The fraction of sp³-hybridized carbons (Fsp3) is 0. The molecule has 0 unspecified atom stereocenters. The van der Waals surface area contributed by atoms with Gasteiger partial charge in [0.25, 0.3) is 0 Å². The van der Waals surface area contributed by atoms with Crippen molar-refractivity contribution >= 4 is 6.08 Å². The summed E-state index contributed by atoms with van der Waals surface area (Å²) in [5.41, 5.74) is 0.968. The van der Waals surface area contributed by atoms with Gasteiger partial charge in [0, 0.05) is 0 Å². The molecule has 1 aromatic carbocycles. The van der Waals surface area contributed by atoms with Crippen molar-refractivity contribution in [2.75, 3.05) is 0 Å². The fourth-order valence-electron chi connectivity index (χ4n) is 0.765. The van der Waals surface area contributed by atoms with Crippen molar-refractivity contribution in [1.82, 2.24) is 0 Å². The van der Waals surface area contributed by atoms with Gasteiger partial charge in [0.05, 0.1) is 0 Å². The second-order valence-corrected chi connectivity index (χ2v) is 2.00. The normalized spacial score (nSPS) is 10.5. The van der Waals surface area contributed by atoms with Gasteiger partial charge in [0.1, 0.15) is 5.75 Å². The highest BCUT2D eigenvalue weighted by Crippen LogP contribution is 2.11. The highest BCUT2D eigenvalue weighted by atomic mass is 16.3. The molecule has 0 fully saturated rings. The standard InChI is InChI=1S/C9H9O/c1-2-4-8-5-3-6-9(10)7-8/h2-7,10H,1H2/b4-2+. The van der Waals surface area contributed by atoms with E-state index in [9.17, 15) is 0 Å². The molecule has 0 bridgehead atoms. The lowest BCUT2D eigenvalue weighted by Crippen LogP contribution is -1.68. The Balaban J connectivity index is 2.95. The third kappa shape index (κ3) is 1.62. The van der Waals surface area contributed by atoms with Crippen molar-refractivity contribution in [3.63, 3.8) is 0 Å². The van der Waals surface area contributed by atoms with Crippen LogP contribution in [0.5, 0.6) is 5.75 Å². The van der Waals surface area contributed by atoms with Crippen LogP contribution in [0.1, 0.15) is 5.56 Å². The van der Waals surface area contributed by atoms with Gasteiger partial charge in [-0.3, -0.25) is 0 Å². The van der Waals surface area contributed by atoms with E-state index < -0.39 is 0 Å². The molecule has 0 aliphatic rings. The summed E-state index contributed by atoms with van der Waals surface area (Å²) in [6.07, 6.45) is 3.52. The minimum atomic E-state index is 0.288. The van der Waals surface area contributed by atoms with E-state index in [2.05, 4.69) is 6.92 Å². The molecule has 0 aliphatic heterocycles. The fourth-order valence-corrected chi connectivity index (χ4v) is 0.765. The predicted octanol–water partition coefficient (Wildman–Crippen LogP) is 2.24. The number of phenolic OH excluding ortho intramolecular Hbond substituents is 1. The third-order valence-corrected chi connectivity index (χ3v) is 1.18. The van der Waals surface area contributed by atoms with Gasteiger partial charge >= 0.3 is 0 Å². The lowest BCUT2D eigenvalue weighted by atomic mass is 10.2. The maximum atomic E-state index is 8.99. The molecular weight excluding hydrogens is 124 g/mol. The molecule has 1 heteroatoms. The van der Waals surface area contributed by atoms with Crippen LogP contribution >= 0.6 is 0 Å². The summed E-state index contributed by atoms with van der Waals surface area (Å²) in [5, 5.41) is 8.99. The first-order valence-corrected chi connectivity index (χ1v) is 3.08. The smallest absolute Gasteiger partial charge is 0.116 e. The van der Waals surface area contributed by atoms with E-state index >= 15 is 0 Å². The van der Waals surface area contributed by atoms with E-state index in [1.165, 1.54) is 0 Å². The summed E-state index contributed by atoms with van der Waals surface area (Å²) in [6.45, 7) is 3.55. The Kier molecular flexibility index (Phi) is 2.11. The number of hydrogen-bond acceptors (Lipinski definition) is 1. The molecule has 0 aromatic heterocycles. The maximum absolute atomic E-state index is 8.99. The largest absolute Gasteiger partial charge is 0.508 e. The third-order valence-electron chi connectivity index (χ3n) is 1.18. The minimum Gasteiger partial charge on any atom is -0.508 e. The van der Waals surface area contributed by atoms with E-state index in [1.807, 2.05) is 12.1 Å². The summed E-state index contributed by atoms with van der Waals surface area (Å²) in [7, 11) is 0. The molecule has 0 aliphatic carbocycles. The number of phenols is 1. The van der Waals surface area contributed by atoms with Crippen molar-refractivity contribution in [3.8, 4) is 5.75 Å². The maximum Gasteiger partial charge on any atom is 0.116 e. The van der Waals surface area contributed by atoms with Crippen LogP contribution in [0, 0.1) is 6.92 Å². The second kappa shape index (κ2) is 3.06. The first-order chi connectivity index (χ1) is 4.83. The lowest BCUT2D eigenvalue weighted by Gasteiger charge is -1.92. The molecule has 0 saturated carbocycles. The molecule has 1 aromatic rings. The molecule has 1 rings (SSSR count). The van der Waals surface area contributed by atoms with Gasteiger partial charge < -0.3 is 5.11 Å². The molecule has 1 nitrogen and oxygen atoms in total. The van der Waals surface area contributed by atoms with Crippen LogP contribution in [0.4, 0.5) is 0 Å². The molecule has 0 atom stereocenters. The lowest BCUT2D eigenvalue weighted by molar-refractivity contribution is 0.475. The molecule has 1 N–H and O–H groups in total. The molecule has 10 heavy (non-hydrogen) atoms. The van der Waals surface area contributed by atoms with Crippen molar-refractivity contribution in [3.05, 3.63) is 42.8 Å². The summed E-state index contributed by atoms with van der Waals surface area (Å²) in [4.78, 5) is 0. The van der Waals surface area contributed by atoms with Crippen molar-refractivity contribution < 1.29 is 5.11 Å². The quantitative estimate of drug-likeness (QED) is 0.622. The predicted molar refractivity (Wildman–Crippen MR) is 42.5 cm³/mol. The molecule has 51 valence electrons. The minimum absolute atomic E-state index is 0.288. The molecule has 0 saturated heterocycles. The Labute approximate surface area is 60.6 Å². The zero-order valence-corrected chi connectivity index (χ0v) is 5.62. The van der Waals surface area contributed by atoms with E-state index in [4.69, 9.17) is 5.11 Å². The first-order valence-electron chi connectivity index (χ1n) is 3.08. The van der Waals surface area contributed by atoms with Gasteiger partial charge in [0.15, 0.2) is 0 Å². The summed E-state index contributed by atoms with van der Waals surface area (Å²) in [5.74, 6) is 0.288. The zero-order chi connectivity index (χ0) is 7.40. The number of benzene rings is 1. The van der Waals surface area contributed by atoms with Gasteiger partial charge in [-0.15, -0.1) is 0 Å². The Morgan fingerprint density at radius 2 is 2.20 bits per heavy atom. The Bertz CT molecular complexity index is 238. The summed E-state index contributed by atoms with van der Waals surface area (Å²) >= 11 is 0. The van der Waals surface area contributed by atoms with Crippen molar-refractivity contribution in [1.29, 1.82) is 0 Å². The Hall–Kier alpha value is -1.24.